The Bertz CT molecular complexity index is 818. The molecular weight excluding hydrogens is 297 g/mol. The Kier molecular flexibility index (Phi) is 4.09. The van der Waals surface area contributed by atoms with Crippen LogP contribution in [0.4, 0.5) is 10.1 Å². The number of benzene rings is 2. The van der Waals surface area contributed by atoms with Gasteiger partial charge in [-0.05, 0) is 24.3 Å². The average molecular weight is 311 g/mol. The zero-order valence-electron chi connectivity index (χ0n) is 12.3. The molecule has 3 rings (SSSR count). The van der Waals surface area contributed by atoms with Gasteiger partial charge < -0.3 is 5.32 Å². The maximum Gasteiger partial charge on any atom is 0.250 e. The Hall–Kier alpha value is -3.09. The first kappa shape index (κ1) is 14.8. The Morgan fingerprint density at radius 3 is 2.57 bits per heavy atom. The molecule has 0 bridgehead atoms. The summed E-state index contributed by atoms with van der Waals surface area (Å²) in [7, 11) is 0. The molecule has 0 saturated carbocycles. The average Bonchev–Trinajstić information content (AvgIpc) is 3.07. The van der Waals surface area contributed by atoms with Gasteiger partial charge in [-0.15, -0.1) is 10.2 Å². The number of rotatable bonds is 4. The summed E-state index contributed by atoms with van der Waals surface area (Å²) in [6.07, 6.45) is 0. The molecule has 0 saturated heterocycles. The van der Waals surface area contributed by atoms with Gasteiger partial charge in [0, 0.05) is 5.56 Å². The van der Waals surface area contributed by atoms with Crippen molar-refractivity contribution < 1.29 is 9.18 Å². The second-order valence-electron chi connectivity index (χ2n) is 4.94. The summed E-state index contributed by atoms with van der Waals surface area (Å²) in [5, 5.41) is 14.6. The summed E-state index contributed by atoms with van der Waals surface area (Å²) in [5.41, 5.74) is 0.924. The van der Waals surface area contributed by atoms with E-state index in [0.717, 1.165) is 5.56 Å². The molecule has 0 aliphatic carbocycles. The molecule has 0 spiro atoms. The number of halogens is 1. The van der Waals surface area contributed by atoms with Crippen LogP contribution in [0.15, 0.2) is 54.6 Å². The largest absolute Gasteiger partial charge is 0.322 e. The van der Waals surface area contributed by atoms with E-state index >= 15 is 0 Å². The fraction of sp³-hybridized carbons (Fsp3) is 0.125. The zero-order valence-corrected chi connectivity index (χ0v) is 12.3. The lowest BCUT2D eigenvalue weighted by atomic mass is 10.2. The fourth-order valence-corrected chi connectivity index (χ4v) is 2.00. The molecule has 2 aromatic carbocycles. The van der Waals surface area contributed by atoms with Crippen molar-refractivity contribution >= 4 is 11.6 Å². The van der Waals surface area contributed by atoms with E-state index in [1.54, 1.807) is 19.1 Å². The lowest BCUT2D eigenvalue weighted by Crippen LogP contribution is -2.25. The number of anilines is 1. The molecule has 0 radical (unpaired) electrons. The van der Waals surface area contributed by atoms with Crippen molar-refractivity contribution in [3.8, 4) is 11.4 Å². The van der Waals surface area contributed by atoms with E-state index < -0.39 is 17.8 Å². The van der Waals surface area contributed by atoms with Gasteiger partial charge in [0.2, 0.25) is 5.82 Å². The van der Waals surface area contributed by atoms with Crippen LogP contribution in [0.5, 0.6) is 0 Å². The first-order valence-electron chi connectivity index (χ1n) is 7.05. The summed E-state index contributed by atoms with van der Waals surface area (Å²) in [4.78, 5) is 13.4. The summed E-state index contributed by atoms with van der Waals surface area (Å²) in [6, 6.07) is 14.6. The standard InChI is InChI=1S/C16H14FN5O/c1-11(16(23)18-14-10-6-5-9-13(14)17)22-20-15(19-21-22)12-7-3-2-4-8-12/h2-11H,1H3,(H,18,23). The third kappa shape index (κ3) is 3.23. The zero-order chi connectivity index (χ0) is 16.2. The van der Waals surface area contributed by atoms with Crippen LogP contribution in [0.2, 0.25) is 0 Å². The molecule has 1 atom stereocenters. The van der Waals surface area contributed by atoms with Gasteiger partial charge in [0.25, 0.3) is 5.91 Å². The van der Waals surface area contributed by atoms with Crippen LogP contribution >= 0.6 is 0 Å². The second-order valence-corrected chi connectivity index (χ2v) is 4.94. The molecule has 1 amide bonds. The predicted molar refractivity (Wildman–Crippen MR) is 83.0 cm³/mol. The van der Waals surface area contributed by atoms with Crippen LogP contribution in [0.1, 0.15) is 13.0 Å². The van der Waals surface area contributed by atoms with Crippen LogP contribution in [0, 0.1) is 5.82 Å². The number of nitrogens with zero attached hydrogens (tertiary/aromatic N) is 4. The van der Waals surface area contributed by atoms with E-state index in [0.29, 0.717) is 5.82 Å². The van der Waals surface area contributed by atoms with E-state index in [4.69, 9.17) is 0 Å². The van der Waals surface area contributed by atoms with E-state index in [1.807, 2.05) is 30.3 Å². The van der Waals surface area contributed by atoms with Gasteiger partial charge in [0.15, 0.2) is 0 Å². The Morgan fingerprint density at radius 1 is 1.13 bits per heavy atom. The maximum atomic E-state index is 13.6. The SMILES string of the molecule is CC(C(=O)Nc1ccccc1F)n1nnc(-c2ccccc2)n1. The molecule has 6 nitrogen and oxygen atoms in total. The normalized spacial score (nSPS) is 11.9. The van der Waals surface area contributed by atoms with Crippen LogP contribution in [0.3, 0.4) is 0 Å². The number of para-hydroxylation sites is 1. The highest BCUT2D eigenvalue weighted by atomic mass is 19.1. The first-order chi connectivity index (χ1) is 11.1. The highest BCUT2D eigenvalue weighted by molar-refractivity contribution is 5.93. The van der Waals surface area contributed by atoms with E-state index in [1.165, 1.54) is 16.9 Å². The van der Waals surface area contributed by atoms with Crippen LogP contribution < -0.4 is 5.32 Å². The minimum absolute atomic E-state index is 0.118. The molecule has 0 aliphatic heterocycles. The molecule has 7 heteroatoms. The lowest BCUT2D eigenvalue weighted by molar-refractivity contribution is -0.119. The van der Waals surface area contributed by atoms with Crippen molar-refractivity contribution in [2.45, 2.75) is 13.0 Å². The Balaban J connectivity index is 1.76. The highest BCUT2D eigenvalue weighted by Gasteiger charge is 2.19. The van der Waals surface area contributed by atoms with Gasteiger partial charge >= 0.3 is 0 Å². The van der Waals surface area contributed by atoms with Gasteiger partial charge in [-0.25, -0.2) is 4.39 Å². The molecule has 116 valence electrons. The molecule has 0 fully saturated rings. The van der Waals surface area contributed by atoms with E-state index in [-0.39, 0.29) is 5.69 Å². The van der Waals surface area contributed by atoms with Crippen molar-refractivity contribution in [3.05, 3.63) is 60.4 Å². The van der Waals surface area contributed by atoms with Gasteiger partial charge in [0.1, 0.15) is 11.9 Å². The molecular formula is C16H14FN5O. The molecule has 1 aromatic heterocycles. The summed E-state index contributed by atoms with van der Waals surface area (Å²) < 4.78 is 13.6. The molecule has 0 aliphatic rings. The summed E-state index contributed by atoms with van der Waals surface area (Å²) >= 11 is 0. The third-order valence-corrected chi connectivity index (χ3v) is 3.32. The predicted octanol–water partition coefficient (Wildman–Crippen LogP) is 2.68. The number of hydrogen-bond donors (Lipinski definition) is 1. The number of hydrogen-bond acceptors (Lipinski definition) is 4. The van der Waals surface area contributed by atoms with Gasteiger partial charge in [0.05, 0.1) is 5.69 Å². The topological polar surface area (TPSA) is 72.7 Å². The Morgan fingerprint density at radius 2 is 1.83 bits per heavy atom. The second kappa shape index (κ2) is 6.35. The lowest BCUT2D eigenvalue weighted by Gasteiger charge is -2.11. The molecule has 1 N–H and O–H groups in total. The number of amides is 1. The van der Waals surface area contributed by atoms with Crippen molar-refractivity contribution in [3.63, 3.8) is 0 Å². The summed E-state index contributed by atoms with van der Waals surface area (Å²) in [6.45, 7) is 1.62. The van der Waals surface area contributed by atoms with Crippen molar-refractivity contribution in [2.75, 3.05) is 5.32 Å². The molecule has 1 heterocycles. The minimum Gasteiger partial charge on any atom is -0.322 e. The number of tetrazole rings is 1. The quantitative estimate of drug-likeness (QED) is 0.804. The van der Waals surface area contributed by atoms with Crippen molar-refractivity contribution in [1.82, 2.24) is 20.2 Å². The number of carbonyl (C=O) groups excluding carboxylic acids is 1. The number of nitrogens with one attached hydrogen (secondary N) is 1. The summed E-state index contributed by atoms with van der Waals surface area (Å²) in [5.74, 6) is -0.493. The number of aromatic nitrogens is 4. The van der Waals surface area contributed by atoms with E-state index in [9.17, 15) is 9.18 Å². The van der Waals surface area contributed by atoms with Crippen molar-refractivity contribution in [1.29, 1.82) is 0 Å². The Labute approximate surface area is 132 Å². The molecule has 3 aromatic rings. The van der Waals surface area contributed by atoms with E-state index in [2.05, 4.69) is 20.7 Å². The highest BCUT2D eigenvalue weighted by Crippen LogP contribution is 2.16. The fourth-order valence-electron chi connectivity index (χ4n) is 2.00. The first-order valence-corrected chi connectivity index (χ1v) is 7.05. The number of carbonyl (C=O) groups is 1. The van der Waals surface area contributed by atoms with Crippen molar-refractivity contribution in [2.24, 2.45) is 0 Å². The van der Waals surface area contributed by atoms with Crippen LogP contribution in [-0.4, -0.2) is 26.1 Å². The van der Waals surface area contributed by atoms with Gasteiger partial charge in [-0.1, -0.05) is 42.5 Å². The maximum absolute atomic E-state index is 13.6. The van der Waals surface area contributed by atoms with Gasteiger partial charge in [-0.3, -0.25) is 4.79 Å². The monoisotopic (exact) mass is 311 g/mol. The van der Waals surface area contributed by atoms with Crippen LogP contribution in [0.25, 0.3) is 11.4 Å². The minimum atomic E-state index is -0.723. The van der Waals surface area contributed by atoms with Crippen LogP contribution in [-0.2, 0) is 4.79 Å². The third-order valence-electron chi connectivity index (χ3n) is 3.32. The molecule has 23 heavy (non-hydrogen) atoms. The smallest absolute Gasteiger partial charge is 0.250 e. The van der Waals surface area contributed by atoms with Gasteiger partial charge in [-0.2, -0.15) is 4.80 Å². The molecule has 1 unspecified atom stereocenters.